The van der Waals surface area contributed by atoms with Gasteiger partial charge in [-0.05, 0) is 48.2 Å². The van der Waals surface area contributed by atoms with E-state index in [2.05, 4.69) is 28.7 Å². The Bertz CT molecular complexity index is 1420. The summed E-state index contributed by atoms with van der Waals surface area (Å²) in [5.74, 6) is -0.343. The minimum atomic E-state index is -0.649. The molecule has 0 aliphatic rings. The zero-order valence-corrected chi connectivity index (χ0v) is 20.8. The number of nitriles is 1. The number of benzene rings is 2. The Morgan fingerprint density at radius 1 is 1.00 bits per heavy atom. The number of hydrogen-bond donors (Lipinski definition) is 3. The van der Waals surface area contributed by atoms with Crippen LogP contribution in [0.3, 0.4) is 0 Å². The summed E-state index contributed by atoms with van der Waals surface area (Å²) < 4.78 is 1.52. The molecule has 3 N–H and O–H groups in total. The Morgan fingerprint density at radius 3 is 2.41 bits per heavy atom. The van der Waals surface area contributed by atoms with Gasteiger partial charge in [-0.1, -0.05) is 49.4 Å². The second kappa shape index (κ2) is 11.6. The zero-order valence-electron chi connectivity index (χ0n) is 20.8. The number of hydrogen-bond acceptors (Lipinski definition) is 6. The van der Waals surface area contributed by atoms with Crippen molar-refractivity contribution in [2.24, 2.45) is 0 Å². The van der Waals surface area contributed by atoms with Gasteiger partial charge in [-0.2, -0.15) is 10.4 Å². The van der Waals surface area contributed by atoms with E-state index in [0.29, 0.717) is 28.8 Å². The van der Waals surface area contributed by atoms with Gasteiger partial charge in [0.2, 0.25) is 0 Å². The molecule has 8 heteroatoms. The lowest BCUT2D eigenvalue weighted by atomic mass is 9.95. The van der Waals surface area contributed by atoms with Crippen LogP contribution in [0.15, 0.2) is 79.1 Å². The van der Waals surface area contributed by atoms with Crippen molar-refractivity contribution in [2.75, 3.05) is 13.1 Å². The van der Waals surface area contributed by atoms with E-state index in [9.17, 15) is 14.7 Å². The van der Waals surface area contributed by atoms with Crippen LogP contribution in [0, 0.1) is 11.3 Å². The van der Waals surface area contributed by atoms with E-state index in [1.807, 2.05) is 42.5 Å². The van der Waals surface area contributed by atoms with Crippen LogP contribution in [-0.2, 0) is 0 Å². The molecule has 2 heterocycles. The van der Waals surface area contributed by atoms with E-state index < -0.39 is 12.1 Å². The molecule has 188 valence electrons. The van der Waals surface area contributed by atoms with Crippen LogP contribution in [0.4, 0.5) is 0 Å². The number of nitrogens with zero attached hydrogens (tertiary/aromatic N) is 3. The second-order valence-electron chi connectivity index (χ2n) is 9.12. The Balaban J connectivity index is 1.56. The average molecular weight is 496 g/mol. The molecule has 8 nitrogen and oxygen atoms in total. The van der Waals surface area contributed by atoms with E-state index in [1.54, 1.807) is 37.4 Å². The van der Waals surface area contributed by atoms with Crippen molar-refractivity contribution in [3.05, 3.63) is 107 Å². The number of ketones is 1. The summed E-state index contributed by atoms with van der Waals surface area (Å²) in [6.45, 7) is 4.35. The fourth-order valence-electron chi connectivity index (χ4n) is 4.11. The van der Waals surface area contributed by atoms with Crippen LogP contribution >= 0.6 is 0 Å². The third-order valence-electron chi connectivity index (χ3n) is 6.23. The molecule has 0 radical (unpaired) electrons. The van der Waals surface area contributed by atoms with E-state index in [-0.39, 0.29) is 24.2 Å². The Morgan fingerprint density at radius 2 is 1.73 bits per heavy atom. The molecule has 4 rings (SSSR count). The lowest BCUT2D eigenvalue weighted by Crippen LogP contribution is -2.31. The minimum Gasteiger partial charge on any atom is -0.392 e. The smallest absolute Gasteiger partial charge is 0.252 e. The van der Waals surface area contributed by atoms with Crippen LogP contribution < -0.4 is 10.6 Å². The number of rotatable bonds is 10. The van der Waals surface area contributed by atoms with E-state index in [1.165, 1.54) is 10.7 Å². The Labute approximate surface area is 215 Å². The number of aliphatic hydroxyl groups is 1. The van der Waals surface area contributed by atoms with Gasteiger partial charge >= 0.3 is 0 Å². The predicted molar refractivity (Wildman–Crippen MR) is 140 cm³/mol. The van der Waals surface area contributed by atoms with Crippen LogP contribution in [-0.4, -0.2) is 45.6 Å². The van der Waals surface area contributed by atoms with Gasteiger partial charge in [0, 0.05) is 19.3 Å². The van der Waals surface area contributed by atoms with Crippen molar-refractivity contribution in [2.45, 2.75) is 31.9 Å². The number of amides is 1. The molecule has 37 heavy (non-hydrogen) atoms. The Kier molecular flexibility index (Phi) is 8.08. The summed E-state index contributed by atoms with van der Waals surface area (Å²) in [6.07, 6.45) is 2.45. The first-order chi connectivity index (χ1) is 17.9. The molecule has 0 bridgehead atoms. The molecule has 0 saturated carbocycles. The largest absolute Gasteiger partial charge is 0.392 e. The normalized spacial score (nSPS) is 13.5. The standard InChI is InChI=1S/C29H29N5O3/c1-19(22-10-8-21(14-30)9-11-22)15-31-27(23-6-4-3-5-7-23)28(36)25-17-33-34-18-24(12-13-26(25)34)29(37)32-16-20(2)35/h3-13,17-20,27,31,35H,15-16H2,1-2H3,(H,32,37)/t19-,20+,27-/m0/s1. The monoisotopic (exact) mass is 495 g/mol. The van der Waals surface area contributed by atoms with Crippen molar-refractivity contribution in [1.29, 1.82) is 5.26 Å². The summed E-state index contributed by atoms with van der Waals surface area (Å²) in [4.78, 5) is 26.2. The molecular weight excluding hydrogens is 466 g/mol. The number of aliphatic hydroxyl groups excluding tert-OH is 1. The van der Waals surface area contributed by atoms with Gasteiger partial charge in [-0.15, -0.1) is 0 Å². The second-order valence-corrected chi connectivity index (χ2v) is 9.12. The molecule has 3 atom stereocenters. The number of nitrogens with one attached hydrogen (secondary N) is 2. The fourth-order valence-corrected chi connectivity index (χ4v) is 4.11. The summed E-state index contributed by atoms with van der Waals surface area (Å²) in [6, 6.07) is 21.9. The quantitative estimate of drug-likeness (QED) is 0.289. The van der Waals surface area contributed by atoms with Crippen molar-refractivity contribution < 1.29 is 14.7 Å². The molecule has 0 unspecified atom stereocenters. The first-order valence-corrected chi connectivity index (χ1v) is 12.1. The molecule has 2 aromatic heterocycles. The van der Waals surface area contributed by atoms with Gasteiger partial charge in [-0.3, -0.25) is 9.59 Å². The first-order valence-electron chi connectivity index (χ1n) is 12.1. The minimum absolute atomic E-state index is 0.110. The van der Waals surface area contributed by atoms with Gasteiger partial charge in [0.15, 0.2) is 5.78 Å². The number of pyridine rings is 1. The highest BCUT2D eigenvalue weighted by molar-refractivity contribution is 6.06. The predicted octanol–water partition coefficient (Wildman–Crippen LogP) is 3.63. The fraction of sp³-hybridized carbons (Fsp3) is 0.241. The molecule has 0 spiro atoms. The van der Waals surface area contributed by atoms with Crippen LogP contribution in [0.1, 0.15) is 63.2 Å². The Hall–Kier alpha value is -4.32. The van der Waals surface area contributed by atoms with Crippen molar-refractivity contribution >= 4 is 17.2 Å². The molecule has 0 fully saturated rings. The SMILES string of the molecule is C[C@@H](O)CNC(=O)c1ccc2c(C(=O)[C@@H](NC[C@H](C)c3ccc(C#N)cc3)c3ccccc3)cnn2c1. The molecule has 0 aliphatic carbocycles. The van der Waals surface area contributed by atoms with Gasteiger partial charge in [-0.25, -0.2) is 4.52 Å². The van der Waals surface area contributed by atoms with Gasteiger partial charge in [0.25, 0.3) is 5.91 Å². The van der Waals surface area contributed by atoms with E-state index in [4.69, 9.17) is 5.26 Å². The summed E-state index contributed by atoms with van der Waals surface area (Å²) in [5.41, 5.74) is 3.95. The molecule has 0 saturated heterocycles. The highest BCUT2D eigenvalue weighted by Gasteiger charge is 2.25. The number of aromatic nitrogens is 2. The third-order valence-corrected chi connectivity index (χ3v) is 6.23. The van der Waals surface area contributed by atoms with Gasteiger partial charge < -0.3 is 15.7 Å². The molecular formula is C29H29N5O3. The molecule has 4 aromatic rings. The highest BCUT2D eigenvalue weighted by Crippen LogP contribution is 2.24. The summed E-state index contributed by atoms with van der Waals surface area (Å²) in [7, 11) is 0. The molecule has 2 aromatic carbocycles. The molecule has 0 aliphatic heterocycles. The maximum absolute atomic E-state index is 13.8. The van der Waals surface area contributed by atoms with E-state index >= 15 is 0 Å². The maximum Gasteiger partial charge on any atom is 0.252 e. The number of Topliss-reactive ketones (excluding diaryl/α,β-unsaturated/α-hetero) is 1. The lowest BCUT2D eigenvalue weighted by Gasteiger charge is -2.21. The lowest BCUT2D eigenvalue weighted by molar-refractivity contribution is 0.0922. The van der Waals surface area contributed by atoms with Crippen molar-refractivity contribution in [3.63, 3.8) is 0 Å². The third kappa shape index (κ3) is 6.09. The van der Waals surface area contributed by atoms with Crippen LogP contribution in [0.25, 0.3) is 5.52 Å². The first kappa shape index (κ1) is 25.8. The highest BCUT2D eigenvalue weighted by atomic mass is 16.3. The summed E-state index contributed by atoms with van der Waals surface area (Å²) in [5, 5.41) is 28.9. The topological polar surface area (TPSA) is 120 Å². The van der Waals surface area contributed by atoms with Crippen LogP contribution in [0.2, 0.25) is 0 Å². The summed E-state index contributed by atoms with van der Waals surface area (Å²) >= 11 is 0. The van der Waals surface area contributed by atoms with Crippen LogP contribution in [0.5, 0.6) is 0 Å². The van der Waals surface area contributed by atoms with Gasteiger partial charge in [0.1, 0.15) is 0 Å². The van der Waals surface area contributed by atoms with Crippen molar-refractivity contribution in [3.8, 4) is 6.07 Å². The number of carbonyl (C=O) groups excluding carboxylic acids is 2. The average Bonchev–Trinajstić information content (AvgIpc) is 3.35. The van der Waals surface area contributed by atoms with E-state index in [0.717, 1.165) is 11.1 Å². The maximum atomic E-state index is 13.8. The number of carbonyl (C=O) groups is 2. The zero-order chi connectivity index (χ0) is 26.4. The molecule has 1 amide bonds. The van der Waals surface area contributed by atoms with Gasteiger partial charge in [0.05, 0.1) is 46.6 Å². The number of fused-ring (bicyclic) bond motifs is 1. The van der Waals surface area contributed by atoms with Crippen molar-refractivity contribution in [1.82, 2.24) is 20.2 Å².